The lowest BCUT2D eigenvalue weighted by atomic mass is 9.85. The van der Waals surface area contributed by atoms with E-state index in [9.17, 15) is 0 Å². The Hall–Kier alpha value is -1.32. The van der Waals surface area contributed by atoms with Gasteiger partial charge in [0, 0.05) is 13.1 Å². The molecule has 0 saturated heterocycles. The van der Waals surface area contributed by atoms with Gasteiger partial charge in [0.15, 0.2) is 0 Å². The van der Waals surface area contributed by atoms with Gasteiger partial charge in [-0.05, 0) is 25.7 Å². The van der Waals surface area contributed by atoms with E-state index in [1.54, 1.807) is 12.4 Å². The van der Waals surface area contributed by atoms with Crippen molar-refractivity contribution in [2.24, 2.45) is 5.92 Å². The van der Waals surface area contributed by atoms with Gasteiger partial charge in [0.25, 0.3) is 0 Å². The van der Waals surface area contributed by atoms with E-state index < -0.39 is 0 Å². The van der Waals surface area contributed by atoms with Crippen molar-refractivity contribution in [3.05, 3.63) is 12.4 Å². The summed E-state index contributed by atoms with van der Waals surface area (Å²) in [6, 6.07) is 0. The van der Waals surface area contributed by atoms with Gasteiger partial charge in [-0.1, -0.05) is 6.42 Å². The number of anilines is 2. The molecule has 4 nitrogen and oxygen atoms in total. The van der Waals surface area contributed by atoms with Gasteiger partial charge >= 0.3 is 0 Å². The molecule has 1 heterocycles. The number of hydrogen-bond donors (Lipinski definition) is 2. The second-order valence-electron chi connectivity index (χ2n) is 4.00. The van der Waals surface area contributed by atoms with Crippen LogP contribution in [0.15, 0.2) is 12.4 Å². The molecule has 1 aliphatic carbocycles. The van der Waals surface area contributed by atoms with Crippen LogP contribution >= 0.6 is 0 Å². The summed E-state index contributed by atoms with van der Waals surface area (Å²) < 4.78 is 0. The molecule has 0 radical (unpaired) electrons. The Balaban J connectivity index is 1.86. The van der Waals surface area contributed by atoms with Crippen molar-refractivity contribution in [1.82, 2.24) is 9.97 Å². The van der Waals surface area contributed by atoms with Crippen LogP contribution in [0.1, 0.15) is 26.2 Å². The fourth-order valence-electron chi connectivity index (χ4n) is 1.66. The topological polar surface area (TPSA) is 49.8 Å². The lowest BCUT2D eigenvalue weighted by Crippen LogP contribution is -2.21. The Morgan fingerprint density at radius 3 is 2.60 bits per heavy atom. The Kier molecular flexibility index (Phi) is 3.37. The summed E-state index contributed by atoms with van der Waals surface area (Å²) >= 11 is 0. The van der Waals surface area contributed by atoms with Crippen LogP contribution in [-0.4, -0.2) is 23.1 Å². The first kappa shape index (κ1) is 10.2. The highest BCUT2D eigenvalue weighted by molar-refractivity contribution is 5.41. The predicted molar refractivity (Wildman–Crippen MR) is 62.0 cm³/mol. The van der Waals surface area contributed by atoms with Crippen LogP contribution < -0.4 is 10.6 Å². The maximum absolute atomic E-state index is 4.41. The second-order valence-corrected chi connectivity index (χ2v) is 4.00. The van der Waals surface area contributed by atoms with Crippen molar-refractivity contribution in [2.75, 3.05) is 23.7 Å². The van der Waals surface area contributed by atoms with Gasteiger partial charge in [-0.3, -0.25) is 4.98 Å². The maximum Gasteiger partial charge on any atom is 0.146 e. The van der Waals surface area contributed by atoms with Gasteiger partial charge < -0.3 is 10.6 Å². The van der Waals surface area contributed by atoms with Crippen molar-refractivity contribution >= 4 is 11.6 Å². The SMILES string of the molecule is CCNc1cncc(NCC2CCC2)n1. The molecule has 0 unspecified atom stereocenters. The molecule has 1 aromatic heterocycles. The molecular formula is C11H18N4. The molecule has 0 amide bonds. The van der Waals surface area contributed by atoms with Gasteiger partial charge in [-0.2, -0.15) is 0 Å². The number of hydrogen-bond acceptors (Lipinski definition) is 4. The maximum atomic E-state index is 4.41. The van der Waals surface area contributed by atoms with Crippen LogP contribution in [0.25, 0.3) is 0 Å². The van der Waals surface area contributed by atoms with E-state index in [-0.39, 0.29) is 0 Å². The zero-order chi connectivity index (χ0) is 10.5. The summed E-state index contributed by atoms with van der Waals surface area (Å²) in [6.07, 6.45) is 7.62. The number of nitrogens with one attached hydrogen (secondary N) is 2. The van der Waals surface area contributed by atoms with Crippen LogP contribution in [0, 0.1) is 5.92 Å². The Labute approximate surface area is 90.5 Å². The average Bonchev–Trinajstić information content (AvgIpc) is 2.16. The summed E-state index contributed by atoms with van der Waals surface area (Å²) in [5.74, 6) is 2.56. The van der Waals surface area contributed by atoms with Crippen molar-refractivity contribution in [2.45, 2.75) is 26.2 Å². The van der Waals surface area contributed by atoms with Crippen molar-refractivity contribution in [3.8, 4) is 0 Å². The zero-order valence-corrected chi connectivity index (χ0v) is 9.16. The van der Waals surface area contributed by atoms with Gasteiger partial charge in [0.2, 0.25) is 0 Å². The first-order valence-electron chi connectivity index (χ1n) is 5.68. The quantitative estimate of drug-likeness (QED) is 0.774. The van der Waals surface area contributed by atoms with E-state index >= 15 is 0 Å². The molecule has 15 heavy (non-hydrogen) atoms. The number of aromatic nitrogens is 2. The fraction of sp³-hybridized carbons (Fsp3) is 0.636. The monoisotopic (exact) mass is 206 g/mol. The van der Waals surface area contributed by atoms with Crippen LogP contribution in [0.4, 0.5) is 11.6 Å². The van der Waals surface area contributed by atoms with E-state index in [1.807, 2.05) is 0 Å². The molecule has 2 N–H and O–H groups in total. The molecule has 0 aliphatic heterocycles. The average molecular weight is 206 g/mol. The molecule has 1 aromatic rings. The number of nitrogens with zero attached hydrogens (tertiary/aromatic N) is 2. The van der Waals surface area contributed by atoms with E-state index in [2.05, 4.69) is 27.5 Å². The van der Waals surface area contributed by atoms with E-state index in [1.165, 1.54) is 19.3 Å². The fourth-order valence-corrected chi connectivity index (χ4v) is 1.66. The molecule has 1 saturated carbocycles. The van der Waals surface area contributed by atoms with Crippen LogP contribution in [0.3, 0.4) is 0 Å². The normalized spacial score (nSPS) is 15.8. The van der Waals surface area contributed by atoms with Crippen LogP contribution in [0.5, 0.6) is 0 Å². The summed E-state index contributed by atoms with van der Waals surface area (Å²) in [4.78, 5) is 8.55. The highest BCUT2D eigenvalue weighted by Crippen LogP contribution is 2.26. The molecule has 4 heteroatoms. The Morgan fingerprint density at radius 2 is 2.00 bits per heavy atom. The standard InChI is InChI=1S/C11H18N4/c1-2-13-10-7-12-8-11(15-10)14-6-9-4-3-5-9/h7-9H,2-6H2,1H3,(H2,13,14,15). The Bertz CT molecular complexity index is 309. The molecule has 1 fully saturated rings. The molecule has 0 bridgehead atoms. The van der Waals surface area contributed by atoms with Gasteiger partial charge in [-0.25, -0.2) is 4.98 Å². The lowest BCUT2D eigenvalue weighted by Gasteiger charge is -2.25. The summed E-state index contributed by atoms with van der Waals surface area (Å²) in [5.41, 5.74) is 0. The molecule has 0 spiro atoms. The highest BCUT2D eigenvalue weighted by atomic mass is 15.1. The van der Waals surface area contributed by atoms with Gasteiger partial charge in [0.1, 0.15) is 11.6 Å². The smallest absolute Gasteiger partial charge is 0.146 e. The molecule has 1 aliphatic rings. The third-order valence-corrected chi connectivity index (χ3v) is 2.79. The minimum Gasteiger partial charge on any atom is -0.369 e. The summed E-state index contributed by atoms with van der Waals surface area (Å²) in [6.45, 7) is 3.96. The van der Waals surface area contributed by atoms with Crippen molar-refractivity contribution in [3.63, 3.8) is 0 Å². The zero-order valence-electron chi connectivity index (χ0n) is 9.16. The van der Waals surface area contributed by atoms with Crippen molar-refractivity contribution < 1.29 is 0 Å². The van der Waals surface area contributed by atoms with Crippen LogP contribution in [0.2, 0.25) is 0 Å². The second kappa shape index (κ2) is 4.96. The molecule has 0 atom stereocenters. The Morgan fingerprint density at radius 1 is 1.27 bits per heavy atom. The van der Waals surface area contributed by atoms with Crippen molar-refractivity contribution in [1.29, 1.82) is 0 Å². The van der Waals surface area contributed by atoms with E-state index in [4.69, 9.17) is 0 Å². The summed E-state index contributed by atoms with van der Waals surface area (Å²) in [5, 5.41) is 6.48. The largest absolute Gasteiger partial charge is 0.369 e. The van der Waals surface area contributed by atoms with Crippen LogP contribution in [-0.2, 0) is 0 Å². The minimum absolute atomic E-state index is 0.842. The first-order chi connectivity index (χ1) is 7.38. The first-order valence-corrected chi connectivity index (χ1v) is 5.68. The highest BCUT2D eigenvalue weighted by Gasteiger charge is 2.16. The number of rotatable bonds is 5. The molecule has 82 valence electrons. The predicted octanol–water partition coefficient (Wildman–Crippen LogP) is 2.12. The molecular weight excluding hydrogens is 188 g/mol. The van der Waals surface area contributed by atoms with Gasteiger partial charge in [-0.15, -0.1) is 0 Å². The molecule has 0 aromatic carbocycles. The van der Waals surface area contributed by atoms with E-state index in [0.717, 1.165) is 30.6 Å². The third kappa shape index (κ3) is 2.81. The molecule has 2 rings (SSSR count). The lowest BCUT2D eigenvalue weighted by molar-refractivity contribution is 0.333. The van der Waals surface area contributed by atoms with Gasteiger partial charge in [0.05, 0.1) is 12.4 Å². The summed E-state index contributed by atoms with van der Waals surface area (Å²) in [7, 11) is 0. The third-order valence-electron chi connectivity index (χ3n) is 2.79. The van der Waals surface area contributed by atoms with E-state index in [0.29, 0.717) is 0 Å². The minimum atomic E-state index is 0.842.